The third-order valence-electron chi connectivity index (χ3n) is 2.75. The first-order valence-electron chi connectivity index (χ1n) is 5.79. The van der Waals surface area contributed by atoms with Gasteiger partial charge >= 0.3 is 0 Å². The molecule has 0 aromatic carbocycles. The third kappa shape index (κ3) is 3.98. The zero-order chi connectivity index (χ0) is 11.3. The number of nitrogens with zero attached hydrogens (tertiary/aromatic N) is 3. The molecule has 0 radical (unpaired) electrons. The van der Waals surface area contributed by atoms with Gasteiger partial charge < -0.3 is 15.2 Å². The number of hydrazone groups is 1. The molecule has 1 saturated carbocycles. The Morgan fingerprint density at radius 1 is 1.00 bits per heavy atom. The van der Waals surface area contributed by atoms with Gasteiger partial charge in [-0.2, -0.15) is 0 Å². The van der Waals surface area contributed by atoms with Crippen LogP contribution in [0.2, 0.25) is 0 Å². The van der Waals surface area contributed by atoms with Crippen LogP contribution in [-0.2, 0) is 0 Å². The number of guanidine groups is 1. The largest absolute Gasteiger partial charge is 0.347 e. The molecule has 15 heavy (non-hydrogen) atoms. The number of rotatable bonds is 2. The summed E-state index contributed by atoms with van der Waals surface area (Å²) in [6.45, 7) is 0. The lowest BCUT2D eigenvalue weighted by molar-refractivity contribution is 0.371. The molecule has 0 unspecified atom stereocenters. The maximum absolute atomic E-state index is 4.46. The first-order valence-corrected chi connectivity index (χ1v) is 5.79. The molecule has 0 aromatic rings. The highest BCUT2D eigenvalue weighted by Crippen LogP contribution is 2.17. The summed E-state index contributed by atoms with van der Waals surface area (Å²) in [7, 11) is 8.06. The fourth-order valence-electron chi connectivity index (χ4n) is 1.98. The summed E-state index contributed by atoms with van der Waals surface area (Å²) in [5.41, 5.74) is 3.29. The van der Waals surface area contributed by atoms with Gasteiger partial charge in [0.15, 0.2) is 0 Å². The van der Waals surface area contributed by atoms with E-state index in [4.69, 9.17) is 0 Å². The van der Waals surface area contributed by atoms with Gasteiger partial charge in [0.2, 0.25) is 5.96 Å². The Kier molecular flexibility index (Phi) is 4.72. The molecule has 1 aliphatic carbocycles. The van der Waals surface area contributed by atoms with E-state index in [9.17, 15) is 0 Å². The Morgan fingerprint density at radius 3 is 2.00 bits per heavy atom. The van der Waals surface area contributed by atoms with E-state index in [1.54, 1.807) is 0 Å². The minimum Gasteiger partial charge on any atom is -0.347 e. The molecule has 4 nitrogen and oxygen atoms in total. The fourth-order valence-corrected chi connectivity index (χ4v) is 1.98. The predicted octanol–water partition coefficient (Wildman–Crippen LogP) is 1.30. The molecule has 4 heteroatoms. The van der Waals surface area contributed by atoms with Gasteiger partial charge in [0.1, 0.15) is 0 Å². The van der Waals surface area contributed by atoms with Gasteiger partial charge in [-0.25, -0.2) is 0 Å². The summed E-state index contributed by atoms with van der Waals surface area (Å²) in [4.78, 5) is 4.05. The molecule has 1 aliphatic rings. The first-order chi connectivity index (χ1) is 7.11. The highest BCUT2D eigenvalue weighted by Gasteiger charge is 2.13. The zero-order valence-electron chi connectivity index (χ0n) is 10.5. The summed E-state index contributed by atoms with van der Waals surface area (Å²) in [5, 5.41) is 4.46. The minimum absolute atomic E-state index is 0.577. The smallest absolute Gasteiger partial charge is 0.217 e. The van der Waals surface area contributed by atoms with E-state index in [1.165, 1.54) is 32.1 Å². The molecule has 0 heterocycles. The van der Waals surface area contributed by atoms with Crippen LogP contribution in [0.5, 0.6) is 0 Å². The second-order valence-corrected chi connectivity index (χ2v) is 4.66. The first kappa shape index (κ1) is 12.1. The second kappa shape index (κ2) is 5.83. The van der Waals surface area contributed by atoms with Gasteiger partial charge in [0.05, 0.1) is 0 Å². The van der Waals surface area contributed by atoms with Crippen molar-refractivity contribution in [1.29, 1.82) is 0 Å². The molecule has 0 aromatic heterocycles. The van der Waals surface area contributed by atoms with Crippen LogP contribution in [-0.4, -0.2) is 50.0 Å². The van der Waals surface area contributed by atoms with E-state index in [-0.39, 0.29) is 0 Å². The summed E-state index contributed by atoms with van der Waals surface area (Å²) in [5.74, 6) is 0.973. The van der Waals surface area contributed by atoms with Gasteiger partial charge in [-0.15, -0.1) is 5.10 Å². The lowest BCUT2D eigenvalue weighted by atomic mass is 9.96. The van der Waals surface area contributed by atoms with Gasteiger partial charge in [-0.3, -0.25) is 0 Å². The molecule has 0 saturated heterocycles. The van der Waals surface area contributed by atoms with E-state index < -0.39 is 0 Å². The minimum atomic E-state index is 0.577. The van der Waals surface area contributed by atoms with Crippen LogP contribution < -0.4 is 5.43 Å². The molecule has 1 N–H and O–H groups in total. The Bertz CT molecular complexity index is 195. The van der Waals surface area contributed by atoms with Crippen LogP contribution in [0.15, 0.2) is 5.10 Å². The topological polar surface area (TPSA) is 30.9 Å². The van der Waals surface area contributed by atoms with Crippen LogP contribution in [0.1, 0.15) is 32.1 Å². The molecule has 0 atom stereocenters. The Hall–Kier alpha value is -0.930. The second-order valence-electron chi connectivity index (χ2n) is 4.66. The zero-order valence-corrected chi connectivity index (χ0v) is 10.5. The van der Waals surface area contributed by atoms with Crippen LogP contribution in [0.3, 0.4) is 0 Å². The van der Waals surface area contributed by atoms with E-state index >= 15 is 0 Å². The van der Waals surface area contributed by atoms with Crippen LogP contribution in [0, 0.1) is 0 Å². The Morgan fingerprint density at radius 2 is 1.53 bits per heavy atom. The lowest BCUT2D eigenvalue weighted by Crippen LogP contribution is -2.39. The van der Waals surface area contributed by atoms with Crippen LogP contribution in [0.4, 0.5) is 0 Å². The third-order valence-corrected chi connectivity index (χ3v) is 2.75. The van der Waals surface area contributed by atoms with Crippen molar-refractivity contribution >= 4 is 5.96 Å². The van der Waals surface area contributed by atoms with Crippen LogP contribution >= 0.6 is 0 Å². The van der Waals surface area contributed by atoms with E-state index in [0.29, 0.717) is 6.04 Å². The van der Waals surface area contributed by atoms with E-state index in [2.05, 4.69) is 10.5 Å². The summed E-state index contributed by atoms with van der Waals surface area (Å²) < 4.78 is 0. The van der Waals surface area contributed by atoms with E-state index in [0.717, 1.165) is 5.96 Å². The molecule has 0 amide bonds. The van der Waals surface area contributed by atoms with Crippen molar-refractivity contribution in [2.45, 2.75) is 38.1 Å². The SMILES string of the molecule is CN(C)C(=NNC1CCCCC1)N(C)C. The lowest BCUT2D eigenvalue weighted by Gasteiger charge is -2.25. The maximum Gasteiger partial charge on any atom is 0.217 e. The van der Waals surface area contributed by atoms with Crippen molar-refractivity contribution in [2.24, 2.45) is 5.10 Å². The number of hydrogen-bond acceptors (Lipinski definition) is 2. The van der Waals surface area contributed by atoms with Crippen molar-refractivity contribution < 1.29 is 0 Å². The van der Waals surface area contributed by atoms with Crippen molar-refractivity contribution in [3.63, 3.8) is 0 Å². The average Bonchev–Trinajstić information content (AvgIpc) is 2.18. The molecule has 1 fully saturated rings. The van der Waals surface area contributed by atoms with Gasteiger partial charge in [-0.05, 0) is 12.8 Å². The fraction of sp³-hybridized carbons (Fsp3) is 0.909. The van der Waals surface area contributed by atoms with Crippen molar-refractivity contribution in [3.05, 3.63) is 0 Å². The van der Waals surface area contributed by atoms with E-state index in [1.807, 2.05) is 38.0 Å². The molecule has 88 valence electrons. The quantitative estimate of drug-likeness (QED) is 0.425. The number of hydrogen-bond donors (Lipinski definition) is 1. The maximum atomic E-state index is 4.46. The van der Waals surface area contributed by atoms with Crippen molar-refractivity contribution in [1.82, 2.24) is 15.2 Å². The molecule has 0 spiro atoms. The molecule has 0 aliphatic heterocycles. The molecular formula is C11H24N4. The van der Waals surface area contributed by atoms with Crippen LogP contribution in [0.25, 0.3) is 0 Å². The van der Waals surface area contributed by atoms with Crippen molar-refractivity contribution in [3.8, 4) is 0 Å². The summed E-state index contributed by atoms with van der Waals surface area (Å²) in [6.07, 6.45) is 6.59. The monoisotopic (exact) mass is 212 g/mol. The average molecular weight is 212 g/mol. The van der Waals surface area contributed by atoms with Crippen molar-refractivity contribution in [2.75, 3.05) is 28.2 Å². The van der Waals surface area contributed by atoms with Gasteiger partial charge in [0, 0.05) is 34.2 Å². The summed E-state index contributed by atoms with van der Waals surface area (Å²) in [6, 6.07) is 0.577. The molecule has 0 bridgehead atoms. The molecule has 1 rings (SSSR count). The Balaban J connectivity index is 2.44. The Labute approximate surface area is 93.3 Å². The molecular weight excluding hydrogens is 188 g/mol. The highest BCUT2D eigenvalue weighted by atomic mass is 15.4. The normalized spacial score (nSPS) is 17.1. The summed E-state index contributed by atoms with van der Waals surface area (Å²) >= 11 is 0. The standard InChI is InChI=1S/C11H24N4/c1-14(2)11(15(3)4)13-12-10-8-6-5-7-9-10/h10,12H,5-9H2,1-4H3. The highest BCUT2D eigenvalue weighted by molar-refractivity contribution is 5.78. The van der Waals surface area contributed by atoms with Gasteiger partial charge in [0.25, 0.3) is 0 Å². The predicted molar refractivity (Wildman–Crippen MR) is 64.8 cm³/mol. The van der Waals surface area contributed by atoms with Gasteiger partial charge in [-0.1, -0.05) is 19.3 Å². The number of nitrogens with one attached hydrogen (secondary N) is 1.